The van der Waals surface area contributed by atoms with Crippen molar-refractivity contribution in [2.45, 2.75) is 77.3 Å². The van der Waals surface area contributed by atoms with Crippen molar-refractivity contribution in [2.75, 3.05) is 18.4 Å². The summed E-state index contributed by atoms with van der Waals surface area (Å²) >= 11 is 1.35. The average molecular weight is 484 g/mol. The molecule has 4 rings (SSSR count). The molecule has 2 N–H and O–H groups in total. The molecule has 1 aromatic carbocycles. The van der Waals surface area contributed by atoms with Gasteiger partial charge in [-0.05, 0) is 38.0 Å². The van der Waals surface area contributed by atoms with Crippen LogP contribution >= 0.6 is 11.5 Å². The van der Waals surface area contributed by atoms with Gasteiger partial charge in [0.1, 0.15) is 16.7 Å². The highest BCUT2D eigenvalue weighted by Crippen LogP contribution is 2.31. The van der Waals surface area contributed by atoms with Gasteiger partial charge in [0.05, 0.1) is 0 Å². The van der Waals surface area contributed by atoms with E-state index in [-0.39, 0.29) is 29.7 Å². The number of amides is 2. The molecular formula is C26H37N5O2S. The van der Waals surface area contributed by atoms with E-state index in [0.717, 1.165) is 67.7 Å². The summed E-state index contributed by atoms with van der Waals surface area (Å²) in [6.45, 7) is 5.36. The second-order valence-corrected chi connectivity index (χ2v) is 10.5. The Morgan fingerprint density at radius 2 is 1.88 bits per heavy atom. The zero-order chi connectivity index (χ0) is 23.9. The Bertz CT molecular complexity index is 944. The Kier molecular flexibility index (Phi) is 8.53. The molecule has 8 heteroatoms. The van der Waals surface area contributed by atoms with E-state index in [0.29, 0.717) is 6.54 Å². The summed E-state index contributed by atoms with van der Waals surface area (Å²) in [7, 11) is 0. The van der Waals surface area contributed by atoms with Gasteiger partial charge >= 0.3 is 0 Å². The van der Waals surface area contributed by atoms with Crippen molar-refractivity contribution in [1.29, 1.82) is 0 Å². The molecule has 1 saturated carbocycles. The molecule has 1 aliphatic heterocycles. The Hall–Kier alpha value is -2.48. The third-order valence-electron chi connectivity index (χ3n) is 7.44. The SMILES string of the molecule is CC[C@@H](C)C(=O)N[C@H](C(=O)N1CCC[C@H]1CNc1snnc1-c1ccccc1)C1CCCCC1. The number of hydrogen-bond acceptors (Lipinski definition) is 6. The number of carbonyl (C=O) groups is 2. The normalized spacial score (nSPS) is 20.6. The van der Waals surface area contributed by atoms with Gasteiger partial charge in [-0.3, -0.25) is 9.59 Å². The third kappa shape index (κ3) is 5.77. The first-order chi connectivity index (χ1) is 16.6. The summed E-state index contributed by atoms with van der Waals surface area (Å²) in [5.74, 6) is 0.256. The van der Waals surface area contributed by atoms with Gasteiger partial charge in [0.15, 0.2) is 0 Å². The van der Waals surface area contributed by atoms with Gasteiger partial charge < -0.3 is 15.5 Å². The van der Waals surface area contributed by atoms with E-state index in [9.17, 15) is 9.59 Å². The average Bonchev–Trinajstić information content (AvgIpc) is 3.55. The van der Waals surface area contributed by atoms with Crippen LogP contribution in [0.15, 0.2) is 30.3 Å². The summed E-state index contributed by atoms with van der Waals surface area (Å²) in [6, 6.07) is 9.73. The quantitative estimate of drug-likeness (QED) is 0.539. The van der Waals surface area contributed by atoms with Crippen molar-refractivity contribution in [3.63, 3.8) is 0 Å². The lowest BCUT2D eigenvalue weighted by molar-refractivity contribution is -0.139. The Morgan fingerprint density at radius 3 is 2.62 bits per heavy atom. The molecule has 184 valence electrons. The lowest BCUT2D eigenvalue weighted by Crippen LogP contribution is -2.55. The first kappa shape index (κ1) is 24.6. The van der Waals surface area contributed by atoms with E-state index in [4.69, 9.17) is 0 Å². The van der Waals surface area contributed by atoms with E-state index in [1.54, 1.807) is 0 Å². The molecule has 0 unspecified atom stereocenters. The molecule has 0 spiro atoms. The molecule has 2 amide bonds. The maximum atomic E-state index is 13.8. The smallest absolute Gasteiger partial charge is 0.245 e. The maximum Gasteiger partial charge on any atom is 0.245 e. The standard InChI is InChI=1S/C26H37N5O2S/c1-3-18(2)24(32)28-23(20-13-8-5-9-14-20)26(33)31-16-10-15-21(31)17-27-25-22(29-30-34-25)19-11-6-4-7-12-19/h4,6-7,11-12,18,20-21,23,27H,3,5,8-10,13-17H2,1-2H3,(H,28,32)/t18-,21+,23+/m1/s1. The fourth-order valence-electron chi connectivity index (χ4n) is 5.15. The molecule has 0 radical (unpaired) electrons. The predicted molar refractivity (Wildman–Crippen MR) is 137 cm³/mol. The molecule has 0 bridgehead atoms. The molecule has 1 saturated heterocycles. The number of carbonyl (C=O) groups excluding carboxylic acids is 2. The van der Waals surface area contributed by atoms with Crippen molar-refractivity contribution >= 4 is 28.3 Å². The van der Waals surface area contributed by atoms with Gasteiger partial charge in [0.2, 0.25) is 11.8 Å². The highest BCUT2D eigenvalue weighted by molar-refractivity contribution is 7.10. The van der Waals surface area contributed by atoms with Gasteiger partial charge in [-0.2, -0.15) is 0 Å². The number of aromatic nitrogens is 2. The topological polar surface area (TPSA) is 87.2 Å². The van der Waals surface area contributed by atoms with Crippen molar-refractivity contribution in [2.24, 2.45) is 11.8 Å². The fraction of sp³-hybridized carbons (Fsp3) is 0.615. The first-order valence-electron chi connectivity index (χ1n) is 12.8. The molecular weight excluding hydrogens is 446 g/mol. The van der Waals surface area contributed by atoms with Crippen LogP contribution < -0.4 is 10.6 Å². The van der Waals surface area contributed by atoms with Crippen LogP contribution in [-0.2, 0) is 9.59 Å². The van der Waals surface area contributed by atoms with Crippen LogP contribution in [0.5, 0.6) is 0 Å². The van der Waals surface area contributed by atoms with Crippen LogP contribution in [0.3, 0.4) is 0 Å². The second kappa shape index (κ2) is 11.8. The molecule has 2 aliphatic rings. The van der Waals surface area contributed by atoms with E-state index < -0.39 is 6.04 Å². The third-order valence-corrected chi connectivity index (χ3v) is 8.12. The molecule has 1 aliphatic carbocycles. The summed E-state index contributed by atoms with van der Waals surface area (Å²) in [4.78, 5) is 28.6. The van der Waals surface area contributed by atoms with Crippen LogP contribution in [0, 0.1) is 11.8 Å². The number of nitrogens with zero attached hydrogens (tertiary/aromatic N) is 3. The van der Waals surface area contributed by atoms with Crippen LogP contribution in [0.25, 0.3) is 11.3 Å². The minimum absolute atomic E-state index is 0.00327. The van der Waals surface area contributed by atoms with Crippen molar-refractivity contribution in [3.8, 4) is 11.3 Å². The van der Waals surface area contributed by atoms with E-state index in [2.05, 4.69) is 20.2 Å². The van der Waals surface area contributed by atoms with Crippen molar-refractivity contribution < 1.29 is 9.59 Å². The Balaban J connectivity index is 1.45. The van der Waals surface area contributed by atoms with Gasteiger partial charge in [-0.15, -0.1) is 5.10 Å². The number of nitrogens with one attached hydrogen (secondary N) is 2. The number of rotatable bonds is 9. The minimum atomic E-state index is -0.410. The summed E-state index contributed by atoms with van der Waals surface area (Å²) in [6.07, 6.45) is 8.25. The van der Waals surface area contributed by atoms with Gasteiger partial charge in [-0.1, -0.05) is 67.9 Å². The zero-order valence-corrected chi connectivity index (χ0v) is 21.2. The number of anilines is 1. The summed E-state index contributed by atoms with van der Waals surface area (Å²) in [5, 5.41) is 11.9. The van der Waals surface area contributed by atoms with Crippen molar-refractivity contribution in [1.82, 2.24) is 19.8 Å². The number of hydrogen-bond donors (Lipinski definition) is 2. The zero-order valence-electron chi connectivity index (χ0n) is 20.3. The molecule has 7 nitrogen and oxygen atoms in total. The largest absolute Gasteiger partial charge is 0.372 e. The summed E-state index contributed by atoms with van der Waals surface area (Å²) in [5.41, 5.74) is 1.88. The highest BCUT2D eigenvalue weighted by Gasteiger charge is 2.38. The van der Waals surface area contributed by atoms with Gasteiger partial charge in [0, 0.05) is 42.1 Å². The molecule has 1 aromatic heterocycles. The van der Waals surface area contributed by atoms with Crippen LogP contribution in [0.4, 0.5) is 5.00 Å². The second-order valence-electron chi connectivity index (χ2n) is 9.72. The Morgan fingerprint density at radius 1 is 1.12 bits per heavy atom. The van der Waals surface area contributed by atoms with Crippen LogP contribution in [0.1, 0.15) is 65.2 Å². The lowest BCUT2D eigenvalue weighted by atomic mass is 9.83. The number of benzene rings is 1. The van der Waals surface area contributed by atoms with Crippen LogP contribution in [-0.4, -0.2) is 51.5 Å². The summed E-state index contributed by atoms with van der Waals surface area (Å²) < 4.78 is 4.15. The molecule has 3 atom stereocenters. The minimum Gasteiger partial charge on any atom is -0.372 e. The van der Waals surface area contributed by atoms with Gasteiger partial charge in [0.25, 0.3) is 0 Å². The monoisotopic (exact) mass is 483 g/mol. The predicted octanol–water partition coefficient (Wildman–Crippen LogP) is 4.72. The van der Waals surface area contributed by atoms with E-state index >= 15 is 0 Å². The highest BCUT2D eigenvalue weighted by atomic mass is 32.1. The fourth-order valence-corrected chi connectivity index (χ4v) is 5.75. The number of likely N-dealkylation sites (tertiary alicyclic amines) is 1. The molecule has 2 fully saturated rings. The lowest BCUT2D eigenvalue weighted by Gasteiger charge is -2.35. The molecule has 2 heterocycles. The van der Waals surface area contributed by atoms with Crippen molar-refractivity contribution in [3.05, 3.63) is 30.3 Å². The van der Waals surface area contributed by atoms with E-state index in [1.807, 2.05) is 49.1 Å². The van der Waals surface area contributed by atoms with E-state index in [1.165, 1.54) is 18.0 Å². The van der Waals surface area contributed by atoms with Gasteiger partial charge in [-0.25, -0.2) is 0 Å². The first-order valence-corrected chi connectivity index (χ1v) is 13.6. The molecule has 2 aromatic rings. The molecule has 34 heavy (non-hydrogen) atoms. The Labute approximate surface area is 206 Å². The maximum absolute atomic E-state index is 13.8. The van der Waals surface area contributed by atoms with Crippen LogP contribution in [0.2, 0.25) is 0 Å².